The largest absolute Gasteiger partial charge is 0.489 e. The van der Waals surface area contributed by atoms with Crippen molar-refractivity contribution in [2.75, 3.05) is 78.0 Å². The maximum atomic E-state index is 8.49. The van der Waals surface area contributed by atoms with Crippen molar-refractivity contribution >= 4 is 39.4 Å². The first kappa shape index (κ1) is 33.1. The molecule has 0 amide bonds. The number of ether oxygens (including phenoxy) is 5. The molecule has 13 heteroatoms. The van der Waals surface area contributed by atoms with Gasteiger partial charge >= 0.3 is 0 Å². The predicted molar refractivity (Wildman–Crippen MR) is 145 cm³/mol. The number of benzene rings is 2. The lowest BCUT2D eigenvalue weighted by Crippen LogP contribution is -2.68. The van der Waals surface area contributed by atoms with E-state index in [9.17, 15) is 0 Å². The number of fused-ring (bicyclic) bond motifs is 2. The Morgan fingerprint density at radius 2 is 1.41 bits per heavy atom. The molecule has 0 N–H and O–H groups in total. The molecule has 0 unspecified atom stereocenters. The molecule has 41 heavy (non-hydrogen) atoms. The van der Waals surface area contributed by atoms with Crippen molar-refractivity contribution < 1.29 is 57.1 Å². The van der Waals surface area contributed by atoms with Crippen molar-refractivity contribution in [1.29, 1.82) is 0 Å². The third-order valence-corrected chi connectivity index (χ3v) is 7.07. The average molecular weight is 613 g/mol. The molecule has 1 aliphatic heterocycles. The van der Waals surface area contributed by atoms with Gasteiger partial charge in [0.2, 0.25) is 5.52 Å². The molecule has 4 rings (SSSR count). The topological polar surface area (TPSA) is 146 Å². The van der Waals surface area contributed by atoms with Gasteiger partial charge < -0.3 is 28.6 Å². The van der Waals surface area contributed by atoms with Crippen molar-refractivity contribution in [3.8, 4) is 5.75 Å². The van der Waals surface area contributed by atoms with E-state index in [4.69, 9.17) is 42.3 Å². The summed E-state index contributed by atoms with van der Waals surface area (Å²) in [5.74, 6) is 0.837. The SMILES string of the molecule is CC[n+]1c(/C=C/c2ccc3c(c2)OCCOCCOCCOCCOCCN3C)sc2ccccc21.[O-][Cl+3]([O-])([O-])[O-]. The van der Waals surface area contributed by atoms with Gasteiger partial charge in [0.15, 0.2) is 0 Å². The Morgan fingerprint density at radius 3 is 2.05 bits per heavy atom. The molecule has 2 heterocycles. The van der Waals surface area contributed by atoms with Gasteiger partial charge in [0.25, 0.3) is 5.01 Å². The summed E-state index contributed by atoms with van der Waals surface area (Å²) in [6.07, 6.45) is 4.35. The van der Waals surface area contributed by atoms with Gasteiger partial charge in [0.05, 0.1) is 58.5 Å². The highest BCUT2D eigenvalue weighted by Gasteiger charge is 2.16. The number of anilines is 1. The van der Waals surface area contributed by atoms with Crippen LogP contribution in [0.2, 0.25) is 0 Å². The van der Waals surface area contributed by atoms with Gasteiger partial charge in [0.1, 0.15) is 23.6 Å². The third-order valence-electron chi connectivity index (χ3n) is 5.94. The van der Waals surface area contributed by atoms with Gasteiger partial charge in [-0.3, -0.25) is 0 Å². The zero-order valence-corrected chi connectivity index (χ0v) is 24.9. The first-order chi connectivity index (χ1) is 19.8. The Kier molecular flexibility index (Phi) is 14.2. The van der Waals surface area contributed by atoms with E-state index in [1.807, 2.05) is 11.3 Å². The summed E-state index contributed by atoms with van der Waals surface area (Å²) >= 11 is 1.81. The minimum atomic E-state index is -4.94. The summed E-state index contributed by atoms with van der Waals surface area (Å²) in [5.41, 5.74) is 3.39. The second-order valence-electron chi connectivity index (χ2n) is 8.81. The Labute approximate surface area is 246 Å². The van der Waals surface area contributed by atoms with Crippen molar-refractivity contribution in [1.82, 2.24) is 0 Å². The Bertz CT molecular complexity index is 1210. The van der Waals surface area contributed by atoms with E-state index < -0.39 is 10.2 Å². The van der Waals surface area contributed by atoms with Gasteiger partial charge in [-0.1, -0.05) is 29.5 Å². The van der Waals surface area contributed by atoms with Crippen LogP contribution in [-0.4, -0.2) is 73.1 Å². The molecule has 1 aliphatic rings. The second-order valence-corrected chi connectivity index (χ2v) is 10.6. The summed E-state index contributed by atoms with van der Waals surface area (Å²) < 4.78 is 66.3. The van der Waals surface area contributed by atoms with Crippen LogP contribution in [-0.2, 0) is 25.5 Å². The molecule has 0 bridgehead atoms. The minimum Gasteiger partial charge on any atom is -0.489 e. The van der Waals surface area contributed by atoms with Crippen LogP contribution >= 0.6 is 11.3 Å². The van der Waals surface area contributed by atoms with Crippen LogP contribution in [0.15, 0.2) is 42.5 Å². The normalized spacial score (nSPS) is 16.8. The van der Waals surface area contributed by atoms with Crippen molar-refractivity contribution in [3.63, 3.8) is 0 Å². The van der Waals surface area contributed by atoms with E-state index in [0.717, 1.165) is 30.1 Å². The summed E-state index contributed by atoms with van der Waals surface area (Å²) in [6.45, 7) is 8.81. The van der Waals surface area contributed by atoms with Gasteiger partial charge in [0, 0.05) is 25.7 Å². The molecule has 11 nitrogen and oxygen atoms in total. The number of halogens is 1. The smallest absolute Gasteiger partial charge is 0.262 e. The summed E-state index contributed by atoms with van der Waals surface area (Å²) in [7, 11) is -2.88. The summed E-state index contributed by atoms with van der Waals surface area (Å²) in [4.78, 5) is 2.17. The standard InChI is InChI=1S/C28H37N2O5S.ClHO4/c1-3-30-25-6-4-5-7-27(25)36-28(30)11-9-23-8-10-24-26(22-23)35-21-20-34-19-18-33-17-16-32-15-14-31-13-12-29(24)2;2-1(3,4)5/h4-11,22H,3,12-21H2,1-2H3;(H,2,3,4,5)/q+1;/p-1. The Hall–Kier alpha value is -2.36. The monoisotopic (exact) mass is 612 g/mol. The highest BCUT2D eigenvalue weighted by molar-refractivity contribution is 7.18. The van der Waals surface area contributed by atoms with Gasteiger partial charge in [-0.25, -0.2) is 18.6 Å². The lowest BCUT2D eigenvalue weighted by molar-refractivity contribution is -2.00. The van der Waals surface area contributed by atoms with Crippen LogP contribution < -0.4 is 32.8 Å². The molecular formula is C28H37ClN2O9S. The predicted octanol–water partition coefficient (Wildman–Crippen LogP) is -0.482. The maximum absolute atomic E-state index is 8.49. The summed E-state index contributed by atoms with van der Waals surface area (Å²) in [6, 6.07) is 14.9. The van der Waals surface area contributed by atoms with Crippen molar-refractivity contribution in [3.05, 3.63) is 53.0 Å². The van der Waals surface area contributed by atoms with E-state index >= 15 is 0 Å². The number of aryl methyl sites for hydroxylation is 1. The van der Waals surface area contributed by atoms with Gasteiger partial charge in [-0.2, -0.15) is 4.57 Å². The molecule has 226 valence electrons. The van der Waals surface area contributed by atoms with Gasteiger partial charge in [-0.15, -0.1) is 10.2 Å². The molecule has 2 aromatic carbocycles. The highest BCUT2D eigenvalue weighted by Crippen LogP contribution is 2.30. The first-order valence-corrected chi connectivity index (χ1v) is 15.3. The van der Waals surface area contributed by atoms with Gasteiger partial charge in [-0.05, 0) is 36.8 Å². The zero-order chi connectivity index (χ0) is 29.5. The number of hydrogen-bond donors (Lipinski definition) is 0. The number of thiazole rings is 1. The fourth-order valence-corrected chi connectivity index (χ4v) is 5.16. The average Bonchev–Trinajstić information content (AvgIpc) is 3.30. The van der Waals surface area contributed by atoms with Crippen LogP contribution in [0, 0.1) is 10.2 Å². The molecule has 0 spiro atoms. The molecule has 0 aliphatic carbocycles. The number of aromatic nitrogens is 1. The number of hydrogen-bond acceptors (Lipinski definition) is 11. The van der Waals surface area contributed by atoms with Crippen LogP contribution in [0.5, 0.6) is 5.75 Å². The molecule has 0 atom stereocenters. The van der Waals surface area contributed by atoms with Crippen molar-refractivity contribution in [2.45, 2.75) is 13.5 Å². The Morgan fingerprint density at radius 1 is 0.829 bits per heavy atom. The van der Waals surface area contributed by atoms with E-state index in [-0.39, 0.29) is 0 Å². The van der Waals surface area contributed by atoms with E-state index in [1.165, 1.54) is 15.2 Å². The van der Waals surface area contributed by atoms with Crippen LogP contribution in [0.4, 0.5) is 5.69 Å². The number of para-hydroxylation sites is 1. The minimum absolute atomic E-state index is 0.472. The first-order valence-electron chi connectivity index (χ1n) is 13.3. The molecule has 0 radical (unpaired) electrons. The van der Waals surface area contributed by atoms with E-state index in [1.54, 1.807) is 0 Å². The lowest BCUT2D eigenvalue weighted by atomic mass is 10.1. The zero-order valence-electron chi connectivity index (χ0n) is 23.3. The highest BCUT2D eigenvalue weighted by atomic mass is 35.7. The molecule has 3 aromatic rings. The molecule has 0 fully saturated rings. The maximum Gasteiger partial charge on any atom is 0.262 e. The van der Waals surface area contributed by atoms with E-state index in [0.29, 0.717) is 59.5 Å². The van der Waals surface area contributed by atoms with Crippen LogP contribution in [0.25, 0.3) is 22.4 Å². The van der Waals surface area contributed by atoms with E-state index in [2.05, 4.69) is 78.1 Å². The number of nitrogens with zero attached hydrogens (tertiary/aromatic N) is 2. The quantitative estimate of drug-likeness (QED) is 0.355. The summed E-state index contributed by atoms with van der Waals surface area (Å²) in [5, 5.41) is 1.23. The van der Waals surface area contributed by atoms with Crippen LogP contribution in [0.3, 0.4) is 0 Å². The van der Waals surface area contributed by atoms with Crippen molar-refractivity contribution in [2.24, 2.45) is 0 Å². The number of likely N-dealkylation sites (N-methyl/N-ethyl adjacent to an activating group) is 1. The lowest BCUT2D eigenvalue weighted by Gasteiger charge is -2.23. The third kappa shape index (κ3) is 12.2. The molecular weight excluding hydrogens is 576 g/mol. The molecule has 0 saturated heterocycles. The fourth-order valence-electron chi connectivity index (χ4n) is 4.03. The fraction of sp³-hybridized carbons (Fsp3) is 0.464. The molecule has 0 saturated carbocycles. The van der Waals surface area contributed by atoms with Crippen LogP contribution in [0.1, 0.15) is 17.5 Å². The molecule has 1 aromatic heterocycles. The Balaban J connectivity index is 0.000000850. The number of rotatable bonds is 3. The second kappa shape index (κ2) is 17.6.